The van der Waals surface area contributed by atoms with E-state index in [4.69, 9.17) is 9.15 Å². The summed E-state index contributed by atoms with van der Waals surface area (Å²) < 4.78 is 66.0. The molecule has 10 nitrogen and oxygen atoms in total. The van der Waals surface area contributed by atoms with E-state index < -0.39 is 34.4 Å². The van der Waals surface area contributed by atoms with E-state index in [-0.39, 0.29) is 40.3 Å². The zero-order valence-electron chi connectivity index (χ0n) is 23.7. The van der Waals surface area contributed by atoms with Gasteiger partial charge in [-0.1, -0.05) is 12.1 Å². The lowest BCUT2D eigenvalue weighted by molar-refractivity contribution is 0.0964. The molecule has 0 saturated heterocycles. The fraction of sp³-hybridized carbons (Fsp3) is 0.0938. The van der Waals surface area contributed by atoms with Gasteiger partial charge < -0.3 is 23.7 Å². The topological polar surface area (TPSA) is 139 Å². The molecule has 0 saturated carbocycles. The monoisotopic (exact) mass is 629 g/mol. The highest BCUT2D eigenvalue weighted by Gasteiger charge is 2.24. The number of amides is 1. The first-order chi connectivity index (χ1) is 21.7. The molecule has 0 fully saturated rings. The summed E-state index contributed by atoms with van der Waals surface area (Å²) in [5.41, 5.74) is 2.26. The molecular weight excluding hydrogens is 606 g/mol. The maximum Gasteiger partial charge on any atom is 0.261 e. The Hall–Kier alpha value is -5.40. The molecule has 0 aliphatic carbocycles. The number of hydrogen-bond acceptors (Lipinski definition) is 7. The fourth-order valence-electron chi connectivity index (χ4n) is 5.18. The molecule has 0 aliphatic rings. The number of carbonyl (C=O) groups is 1. The zero-order chi connectivity index (χ0) is 31.8. The molecule has 228 valence electrons. The van der Waals surface area contributed by atoms with Crippen LogP contribution in [0.2, 0.25) is 0 Å². The van der Waals surface area contributed by atoms with Crippen molar-refractivity contribution < 1.29 is 31.5 Å². The number of rotatable bonds is 8. The van der Waals surface area contributed by atoms with Crippen LogP contribution in [0.5, 0.6) is 5.75 Å². The summed E-state index contributed by atoms with van der Waals surface area (Å²) in [6.45, 7) is 0.0556. The molecule has 1 amide bonds. The number of furan rings is 1. The summed E-state index contributed by atoms with van der Waals surface area (Å²) in [6.07, 6.45) is 1.38. The molecule has 13 heteroatoms. The minimum Gasteiger partial charge on any atom is -0.755 e. The summed E-state index contributed by atoms with van der Waals surface area (Å²) in [5, 5.41) is 3.18. The molecule has 0 radical (unpaired) electrons. The van der Waals surface area contributed by atoms with Gasteiger partial charge in [0.05, 0.1) is 42.1 Å². The molecule has 6 rings (SSSR count). The number of methoxy groups -OCH3 is 1. The molecule has 0 bridgehead atoms. The molecule has 1 atom stereocenters. The van der Waals surface area contributed by atoms with Crippen LogP contribution in [0.3, 0.4) is 0 Å². The number of fused-ring (bicyclic) bond motifs is 2. The Morgan fingerprint density at radius 2 is 1.73 bits per heavy atom. The van der Waals surface area contributed by atoms with Crippen molar-refractivity contribution in [3.05, 3.63) is 112 Å². The largest absolute Gasteiger partial charge is 0.755 e. The van der Waals surface area contributed by atoms with Gasteiger partial charge in [0.1, 0.15) is 28.7 Å². The van der Waals surface area contributed by atoms with Gasteiger partial charge in [-0.25, -0.2) is 13.8 Å². The number of halogens is 2. The van der Waals surface area contributed by atoms with E-state index in [9.17, 15) is 27.1 Å². The van der Waals surface area contributed by atoms with Gasteiger partial charge in [0.15, 0.2) is 0 Å². The number of hydrogen-bond donors (Lipinski definition) is 2. The molecule has 45 heavy (non-hydrogen) atoms. The van der Waals surface area contributed by atoms with E-state index >= 15 is 0 Å². The smallest absolute Gasteiger partial charge is 0.261 e. The van der Waals surface area contributed by atoms with Crippen LogP contribution in [0.15, 0.2) is 88.3 Å². The van der Waals surface area contributed by atoms with Gasteiger partial charge in [0.2, 0.25) is 0 Å². The van der Waals surface area contributed by atoms with Crippen molar-refractivity contribution in [2.45, 2.75) is 6.54 Å². The van der Waals surface area contributed by atoms with E-state index in [1.54, 1.807) is 24.3 Å². The molecule has 1 unspecified atom stereocenters. The van der Waals surface area contributed by atoms with E-state index in [2.05, 4.69) is 15.0 Å². The number of nitrogens with zero attached hydrogens (tertiary/aromatic N) is 2. The van der Waals surface area contributed by atoms with Gasteiger partial charge in [-0.2, -0.15) is 0 Å². The van der Waals surface area contributed by atoms with Crippen molar-refractivity contribution in [2.75, 3.05) is 18.9 Å². The number of ether oxygens (including phenoxy) is 1. The van der Waals surface area contributed by atoms with E-state index in [1.807, 2.05) is 0 Å². The molecule has 2 aromatic heterocycles. The fourth-order valence-corrected chi connectivity index (χ4v) is 5.53. The van der Waals surface area contributed by atoms with Gasteiger partial charge in [-0.15, -0.1) is 0 Å². The summed E-state index contributed by atoms with van der Waals surface area (Å²) >= 11 is -2.73. The Morgan fingerprint density at radius 1 is 1.00 bits per heavy atom. The molecule has 6 aromatic rings. The second-order valence-electron chi connectivity index (χ2n) is 9.99. The lowest BCUT2D eigenvalue weighted by atomic mass is 9.98. The van der Waals surface area contributed by atoms with Crippen LogP contribution in [0.1, 0.15) is 15.9 Å². The highest BCUT2D eigenvalue weighted by Crippen LogP contribution is 2.40. The Bertz CT molecular complexity index is 2200. The van der Waals surface area contributed by atoms with E-state index in [1.165, 1.54) is 73.6 Å². The average Bonchev–Trinajstić information content (AvgIpc) is 3.40. The second-order valence-corrected chi connectivity index (χ2v) is 10.7. The van der Waals surface area contributed by atoms with Crippen molar-refractivity contribution in [3.63, 3.8) is 0 Å². The quantitative estimate of drug-likeness (QED) is 0.216. The molecule has 4 aromatic carbocycles. The number of benzene rings is 4. The third-order valence-electron chi connectivity index (χ3n) is 7.31. The van der Waals surface area contributed by atoms with Gasteiger partial charge in [-0.05, 0) is 54.1 Å². The Kier molecular flexibility index (Phi) is 7.87. The lowest BCUT2D eigenvalue weighted by Crippen LogP contribution is -2.21. The van der Waals surface area contributed by atoms with Crippen LogP contribution in [-0.2, 0) is 17.8 Å². The normalized spacial score (nSPS) is 11.9. The van der Waals surface area contributed by atoms with Crippen molar-refractivity contribution in [1.82, 2.24) is 14.9 Å². The van der Waals surface area contributed by atoms with E-state index in [0.29, 0.717) is 33.2 Å². The van der Waals surface area contributed by atoms with Gasteiger partial charge in [0, 0.05) is 52.5 Å². The number of aromatic nitrogens is 2. The van der Waals surface area contributed by atoms with Crippen molar-refractivity contribution >= 4 is 44.7 Å². The van der Waals surface area contributed by atoms with Crippen LogP contribution in [-0.4, -0.2) is 38.4 Å². The number of anilines is 1. The first-order valence-electron chi connectivity index (χ1n) is 13.4. The third-order valence-corrected chi connectivity index (χ3v) is 7.69. The van der Waals surface area contributed by atoms with Crippen LogP contribution >= 0.6 is 0 Å². The third kappa shape index (κ3) is 5.66. The highest BCUT2D eigenvalue weighted by atomic mass is 32.2. The molecule has 2 N–H and O–H groups in total. The summed E-state index contributed by atoms with van der Waals surface area (Å²) in [7, 11) is 2.86. The predicted molar refractivity (Wildman–Crippen MR) is 165 cm³/mol. The Morgan fingerprint density at radius 3 is 2.44 bits per heavy atom. The maximum absolute atomic E-state index is 13.7. The molecule has 0 spiro atoms. The van der Waals surface area contributed by atoms with Crippen molar-refractivity contribution in [2.24, 2.45) is 0 Å². The van der Waals surface area contributed by atoms with Crippen molar-refractivity contribution in [1.29, 1.82) is 0 Å². The first-order valence-corrected chi connectivity index (χ1v) is 14.5. The van der Waals surface area contributed by atoms with E-state index in [0.717, 1.165) is 0 Å². The standard InChI is InChI=1S/C32H24F2N4O6S/c1-35-31(39)29-24-13-22(26(37-45(41)42)14-28(24)44-30(29)17-3-7-20(33)8-4-17)18-6-10-25-23(11-18)32(40)38(16-36-25)15-19-5-9-21(34)12-27(19)43-2/h3-14,16,37H,15H2,1-2H3,(H,35,39)(H,41,42)/p-1. The predicted octanol–water partition coefficient (Wildman–Crippen LogP) is 5.38. The highest BCUT2D eigenvalue weighted by molar-refractivity contribution is 7.80. The Labute approximate surface area is 256 Å². The number of carbonyl (C=O) groups excluding carboxylic acids is 1. The summed E-state index contributed by atoms with van der Waals surface area (Å²) in [6, 6.07) is 17.3. The lowest BCUT2D eigenvalue weighted by Gasteiger charge is -2.15. The second kappa shape index (κ2) is 11.9. The molecule has 2 heterocycles. The minimum atomic E-state index is -2.73. The molecular formula is C32H23F2N4O6S-. The van der Waals surface area contributed by atoms with Crippen LogP contribution < -0.4 is 20.3 Å². The SMILES string of the molecule is CNC(=O)c1c(-c2ccc(F)cc2)oc2cc(NS(=O)[O-])c(-c3ccc4ncn(Cc5ccc(F)cc5OC)c(=O)c4c3)cc12. The van der Waals surface area contributed by atoms with Crippen LogP contribution in [0.4, 0.5) is 14.5 Å². The summed E-state index contributed by atoms with van der Waals surface area (Å²) in [4.78, 5) is 31.1. The van der Waals surface area contributed by atoms with Crippen LogP contribution in [0, 0.1) is 11.6 Å². The van der Waals surface area contributed by atoms with Crippen molar-refractivity contribution in [3.8, 4) is 28.2 Å². The maximum atomic E-state index is 13.7. The number of nitrogens with one attached hydrogen (secondary N) is 2. The van der Waals surface area contributed by atoms with Gasteiger partial charge >= 0.3 is 0 Å². The minimum absolute atomic E-state index is 0.0556. The molecule has 0 aliphatic heterocycles. The van der Waals surface area contributed by atoms with Gasteiger partial charge in [0.25, 0.3) is 11.5 Å². The summed E-state index contributed by atoms with van der Waals surface area (Å²) in [5.74, 6) is -0.986. The Balaban J connectivity index is 1.53. The zero-order valence-corrected chi connectivity index (χ0v) is 24.5. The van der Waals surface area contributed by atoms with Gasteiger partial charge in [-0.3, -0.25) is 18.4 Å². The van der Waals surface area contributed by atoms with Crippen LogP contribution in [0.25, 0.3) is 44.3 Å². The average molecular weight is 630 g/mol. The first kappa shape index (κ1) is 29.7.